The molecule has 0 saturated carbocycles. The zero-order valence-corrected chi connectivity index (χ0v) is 9.34. The van der Waals surface area contributed by atoms with E-state index in [1.54, 1.807) is 7.11 Å². The molecule has 1 aromatic carbocycles. The summed E-state index contributed by atoms with van der Waals surface area (Å²) in [6.45, 7) is 2.80. The van der Waals surface area contributed by atoms with E-state index in [0.717, 1.165) is 22.8 Å². The highest BCUT2D eigenvalue weighted by atomic mass is 35.5. The van der Waals surface area contributed by atoms with Crippen molar-refractivity contribution in [3.8, 4) is 5.75 Å². The molecule has 0 heterocycles. The minimum Gasteiger partial charge on any atom is -0.496 e. The van der Waals surface area contributed by atoms with Crippen LogP contribution in [0.25, 0.3) is 0 Å². The van der Waals surface area contributed by atoms with Gasteiger partial charge in [-0.3, -0.25) is 0 Å². The third kappa shape index (κ3) is 2.63. The summed E-state index contributed by atoms with van der Waals surface area (Å²) in [5.41, 5.74) is 6.65. The molecule has 1 rings (SSSR count). The Labute approximate surface area is 90.0 Å². The van der Waals surface area contributed by atoms with Crippen LogP contribution >= 0.6 is 11.6 Å². The normalized spacial score (nSPS) is 12.6. The number of hydrogen-bond donors (Lipinski definition) is 1. The van der Waals surface area contributed by atoms with Gasteiger partial charge in [-0.2, -0.15) is 0 Å². The standard InChI is InChI=1S/C11H16ClNO/c1-8(5-6-13)10-7-9(12)3-4-11(10)14-2/h3-4,7-8H,5-6,13H2,1-2H3. The molecule has 0 spiro atoms. The van der Waals surface area contributed by atoms with Crippen LogP contribution in [0.1, 0.15) is 24.8 Å². The van der Waals surface area contributed by atoms with E-state index in [1.165, 1.54) is 0 Å². The molecule has 0 aliphatic carbocycles. The molecule has 0 fully saturated rings. The molecule has 78 valence electrons. The van der Waals surface area contributed by atoms with Crippen molar-refractivity contribution in [1.82, 2.24) is 0 Å². The number of nitrogens with two attached hydrogens (primary N) is 1. The number of rotatable bonds is 4. The maximum Gasteiger partial charge on any atom is 0.122 e. The molecule has 14 heavy (non-hydrogen) atoms. The molecule has 1 aromatic rings. The van der Waals surface area contributed by atoms with Gasteiger partial charge >= 0.3 is 0 Å². The second-order valence-electron chi connectivity index (χ2n) is 3.36. The second-order valence-corrected chi connectivity index (χ2v) is 3.80. The quantitative estimate of drug-likeness (QED) is 0.835. The van der Waals surface area contributed by atoms with E-state index in [0.29, 0.717) is 12.5 Å². The molecule has 0 radical (unpaired) electrons. The summed E-state index contributed by atoms with van der Waals surface area (Å²) in [6, 6.07) is 5.67. The van der Waals surface area contributed by atoms with Crippen molar-refractivity contribution in [2.45, 2.75) is 19.3 Å². The first-order valence-electron chi connectivity index (χ1n) is 4.72. The molecule has 2 N–H and O–H groups in total. The Morgan fingerprint density at radius 2 is 2.21 bits per heavy atom. The summed E-state index contributed by atoms with van der Waals surface area (Å²) >= 11 is 5.93. The van der Waals surface area contributed by atoms with Gasteiger partial charge in [-0.15, -0.1) is 0 Å². The molecule has 0 aliphatic heterocycles. The lowest BCUT2D eigenvalue weighted by Crippen LogP contribution is -2.05. The Bertz CT molecular complexity index is 301. The van der Waals surface area contributed by atoms with Gasteiger partial charge in [-0.1, -0.05) is 18.5 Å². The highest BCUT2D eigenvalue weighted by Crippen LogP contribution is 2.30. The van der Waals surface area contributed by atoms with Crippen molar-refractivity contribution >= 4 is 11.6 Å². The van der Waals surface area contributed by atoms with Crippen molar-refractivity contribution < 1.29 is 4.74 Å². The lowest BCUT2D eigenvalue weighted by Gasteiger charge is -2.14. The first-order valence-corrected chi connectivity index (χ1v) is 5.10. The number of ether oxygens (including phenoxy) is 1. The summed E-state index contributed by atoms with van der Waals surface area (Å²) in [7, 11) is 1.67. The summed E-state index contributed by atoms with van der Waals surface area (Å²) in [5.74, 6) is 1.27. The van der Waals surface area contributed by atoms with Crippen LogP contribution in [0, 0.1) is 0 Å². The van der Waals surface area contributed by atoms with Gasteiger partial charge in [-0.25, -0.2) is 0 Å². The van der Waals surface area contributed by atoms with Gasteiger partial charge in [0.15, 0.2) is 0 Å². The Hall–Kier alpha value is -0.730. The fourth-order valence-corrected chi connectivity index (χ4v) is 1.68. The van der Waals surface area contributed by atoms with Crippen LogP contribution in [-0.2, 0) is 0 Å². The first-order chi connectivity index (χ1) is 6.69. The molecule has 1 atom stereocenters. The van der Waals surface area contributed by atoms with Crippen LogP contribution < -0.4 is 10.5 Å². The predicted octanol–water partition coefficient (Wildman–Crippen LogP) is 2.80. The first kappa shape index (κ1) is 11.3. The molecular formula is C11H16ClNO. The van der Waals surface area contributed by atoms with Gasteiger partial charge < -0.3 is 10.5 Å². The molecule has 1 unspecified atom stereocenters. The largest absolute Gasteiger partial charge is 0.496 e. The lowest BCUT2D eigenvalue weighted by atomic mass is 9.97. The van der Waals surface area contributed by atoms with E-state index in [9.17, 15) is 0 Å². The molecule has 0 aliphatic rings. The van der Waals surface area contributed by atoms with Gasteiger partial charge in [0.2, 0.25) is 0 Å². The summed E-state index contributed by atoms with van der Waals surface area (Å²) in [5, 5.41) is 0.740. The molecule has 2 nitrogen and oxygen atoms in total. The summed E-state index contributed by atoms with van der Waals surface area (Å²) in [4.78, 5) is 0. The lowest BCUT2D eigenvalue weighted by molar-refractivity contribution is 0.405. The van der Waals surface area contributed by atoms with Crippen LogP contribution in [-0.4, -0.2) is 13.7 Å². The van der Waals surface area contributed by atoms with Crippen LogP contribution in [0.4, 0.5) is 0 Å². The molecule has 0 saturated heterocycles. The average Bonchev–Trinajstić information content (AvgIpc) is 2.18. The van der Waals surface area contributed by atoms with E-state index in [4.69, 9.17) is 22.1 Å². The zero-order chi connectivity index (χ0) is 10.6. The zero-order valence-electron chi connectivity index (χ0n) is 8.59. The van der Waals surface area contributed by atoms with Gasteiger partial charge in [0.25, 0.3) is 0 Å². The molecule has 0 aromatic heterocycles. The molecule has 0 amide bonds. The van der Waals surface area contributed by atoms with E-state index in [1.807, 2.05) is 18.2 Å². The summed E-state index contributed by atoms with van der Waals surface area (Å²) in [6.07, 6.45) is 0.941. The van der Waals surface area contributed by atoms with Gasteiger partial charge in [0.05, 0.1) is 7.11 Å². The van der Waals surface area contributed by atoms with Crippen molar-refractivity contribution in [2.75, 3.05) is 13.7 Å². The Balaban J connectivity index is 2.97. The van der Waals surface area contributed by atoms with E-state index < -0.39 is 0 Å². The van der Waals surface area contributed by atoms with Crippen LogP contribution in [0.3, 0.4) is 0 Å². The van der Waals surface area contributed by atoms with Crippen molar-refractivity contribution in [2.24, 2.45) is 5.73 Å². The summed E-state index contributed by atoms with van der Waals surface area (Å²) < 4.78 is 5.27. The Morgan fingerprint density at radius 1 is 1.50 bits per heavy atom. The highest BCUT2D eigenvalue weighted by Gasteiger charge is 2.10. The minimum absolute atomic E-state index is 0.383. The maximum atomic E-state index is 5.93. The molecule has 3 heteroatoms. The van der Waals surface area contributed by atoms with Gasteiger partial charge in [0.1, 0.15) is 5.75 Å². The second kappa shape index (κ2) is 5.23. The van der Waals surface area contributed by atoms with E-state index in [2.05, 4.69) is 6.92 Å². The smallest absolute Gasteiger partial charge is 0.122 e. The van der Waals surface area contributed by atoms with Crippen LogP contribution in [0.5, 0.6) is 5.75 Å². The number of benzene rings is 1. The van der Waals surface area contributed by atoms with Crippen LogP contribution in [0.2, 0.25) is 5.02 Å². The minimum atomic E-state index is 0.383. The fourth-order valence-electron chi connectivity index (χ4n) is 1.50. The third-order valence-corrected chi connectivity index (χ3v) is 2.56. The van der Waals surface area contributed by atoms with Gasteiger partial charge in [0, 0.05) is 5.02 Å². The van der Waals surface area contributed by atoms with Crippen LogP contribution in [0.15, 0.2) is 18.2 Å². The Morgan fingerprint density at radius 3 is 2.79 bits per heavy atom. The van der Waals surface area contributed by atoms with Crippen molar-refractivity contribution in [3.05, 3.63) is 28.8 Å². The third-order valence-electron chi connectivity index (χ3n) is 2.32. The predicted molar refractivity (Wildman–Crippen MR) is 60.1 cm³/mol. The number of halogens is 1. The molecular weight excluding hydrogens is 198 g/mol. The van der Waals surface area contributed by atoms with Crippen molar-refractivity contribution in [1.29, 1.82) is 0 Å². The monoisotopic (exact) mass is 213 g/mol. The highest BCUT2D eigenvalue weighted by molar-refractivity contribution is 6.30. The Kier molecular flexibility index (Phi) is 4.23. The number of hydrogen-bond acceptors (Lipinski definition) is 2. The fraction of sp³-hybridized carbons (Fsp3) is 0.455. The molecule has 0 bridgehead atoms. The maximum absolute atomic E-state index is 5.93. The van der Waals surface area contributed by atoms with Crippen molar-refractivity contribution in [3.63, 3.8) is 0 Å². The van der Waals surface area contributed by atoms with Gasteiger partial charge in [-0.05, 0) is 42.6 Å². The van der Waals surface area contributed by atoms with E-state index in [-0.39, 0.29) is 0 Å². The van der Waals surface area contributed by atoms with E-state index >= 15 is 0 Å². The average molecular weight is 214 g/mol. The number of methoxy groups -OCH3 is 1. The topological polar surface area (TPSA) is 35.2 Å². The SMILES string of the molecule is COc1ccc(Cl)cc1C(C)CCN.